The highest BCUT2D eigenvalue weighted by atomic mass is 32.1. The van der Waals surface area contributed by atoms with Crippen LogP contribution in [0.3, 0.4) is 0 Å². The van der Waals surface area contributed by atoms with Crippen LogP contribution in [0.5, 0.6) is 0 Å². The average Bonchev–Trinajstić information content (AvgIpc) is 2.82. The molecule has 0 aliphatic carbocycles. The zero-order chi connectivity index (χ0) is 13.7. The Kier molecular flexibility index (Phi) is 5.72. The molecule has 2 atom stereocenters. The minimum absolute atomic E-state index is 0.130. The molecule has 3 N–H and O–H groups in total. The molecule has 1 aromatic heterocycles. The van der Waals surface area contributed by atoms with Gasteiger partial charge in [-0.1, -0.05) is 6.92 Å². The lowest BCUT2D eigenvalue weighted by Crippen LogP contribution is -2.54. The van der Waals surface area contributed by atoms with E-state index in [1.54, 1.807) is 11.3 Å². The average molecular weight is 284 g/mol. The summed E-state index contributed by atoms with van der Waals surface area (Å²) in [6.07, 6.45) is 2.16. The Labute approximate surface area is 119 Å². The van der Waals surface area contributed by atoms with Crippen molar-refractivity contribution in [2.75, 3.05) is 26.2 Å². The first-order valence-corrected chi connectivity index (χ1v) is 7.82. The van der Waals surface area contributed by atoms with Crippen molar-refractivity contribution in [2.24, 2.45) is 5.84 Å². The van der Waals surface area contributed by atoms with Crippen LogP contribution in [0.4, 0.5) is 0 Å². The Morgan fingerprint density at radius 1 is 1.68 bits per heavy atom. The maximum absolute atomic E-state index is 5.88. The number of ether oxygens (including phenoxy) is 1. The summed E-state index contributed by atoms with van der Waals surface area (Å²) in [4.78, 5) is 6.95. The van der Waals surface area contributed by atoms with E-state index in [9.17, 15) is 0 Å². The van der Waals surface area contributed by atoms with Crippen molar-refractivity contribution >= 4 is 11.3 Å². The van der Waals surface area contributed by atoms with E-state index >= 15 is 0 Å². The van der Waals surface area contributed by atoms with Crippen molar-refractivity contribution < 1.29 is 4.74 Å². The van der Waals surface area contributed by atoms with Crippen molar-refractivity contribution in [1.29, 1.82) is 0 Å². The van der Waals surface area contributed by atoms with Crippen molar-refractivity contribution in [1.82, 2.24) is 15.3 Å². The third-order valence-corrected chi connectivity index (χ3v) is 4.43. The monoisotopic (exact) mass is 284 g/mol. The second kappa shape index (κ2) is 7.31. The number of nitrogens with one attached hydrogen (secondary N) is 1. The maximum atomic E-state index is 5.88. The van der Waals surface area contributed by atoms with Crippen molar-refractivity contribution in [3.8, 4) is 0 Å². The summed E-state index contributed by atoms with van der Waals surface area (Å²) in [5.41, 5.74) is 3.98. The smallest absolute Gasteiger partial charge is 0.0945 e. The molecule has 0 spiro atoms. The number of thiazole rings is 1. The number of nitrogens with two attached hydrogens (primary N) is 1. The van der Waals surface area contributed by atoms with Gasteiger partial charge in [0.15, 0.2) is 0 Å². The summed E-state index contributed by atoms with van der Waals surface area (Å²) < 4.78 is 5.88. The van der Waals surface area contributed by atoms with Crippen molar-refractivity contribution in [2.45, 2.75) is 38.8 Å². The molecule has 2 rings (SSSR count). The normalized spacial score (nSPS) is 22.6. The van der Waals surface area contributed by atoms with E-state index in [2.05, 4.69) is 27.6 Å². The van der Waals surface area contributed by atoms with Gasteiger partial charge in [-0.15, -0.1) is 11.3 Å². The fraction of sp³-hybridized carbons (Fsp3) is 0.769. The van der Waals surface area contributed by atoms with E-state index in [1.165, 1.54) is 6.42 Å². The molecule has 0 amide bonds. The molecule has 1 fully saturated rings. The lowest BCUT2D eigenvalue weighted by molar-refractivity contribution is -0.0462. The van der Waals surface area contributed by atoms with Gasteiger partial charge < -0.3 is 4.74 Å². The van der Waals surface area contributed by atoms with Crippen LogP contribution in [0.1, 0.15) is 24.0 Å². The fourth-order valence-corrected chi connectivity index (χ4v) is 3.31. The van der Waals surface area contributed by atoms with Crippen LogP contribution >= 0.6 is 11.3 Å². The Bertz CT molecular complexity index is 382. The van der Waals surface area contributed by atoms with Gasteiger partial charge in [0.05, 0.1) is 23.8 Å². The Hall–Kier alpha value is -0.530. The number of aromatic nitrogens is 1. The Morgan fingerprint density at radius 2 is 2.53 bits per heavy atom. The predicted octanol–water partition coefficient (Wildman–Crippen LogP) is 0.937. The van der Waals surface area contributed by atoms with Gasteiger partial charge in [-0.25, -0.2) is 4.98 Å². The lowest BCUT2D eigenvalue weighted by Gasteiger charge is -2.36. The van der Waals surface area contributed by atoms with E-state index in [-0.39, 0.29) is 12.1 Å². The molecule has 108 valence electrons. The molecule has 2 heterocycles. The molecule has 0 bridgehead atoms. The standard InChI is InChI=1S/C13H24N4OS/c1-3-4-17-5-6-18-12(8-17)11(16-14)7-13-15-10(2)9-19-13/h9,11-12,16H,3-8,14H2,1-2H3. The van der Waals surface area contributed by atoms with E-state index in [0.717, 1.165) is 43.4 Å². The summed E-state index contributed by atoms with van der Waals surface area (Å²) >= 11 is 1.69. The Morgan fingerprint density at radius 3 is 3.16 bits per heavy atom. The van der Waals surface area contributed by atoms with Crippen LogP contribution in [0.2, 0.25) is 0 Å². The minimum atomic E-state index is 0.130. The van der Waals surface area contributed by atoms with Gasteiger partial charge in [0.1, 0.15) is 0 Å². The van der Waals surface area contributed by atoms with Crippen LogP contribution in [0, 0.1) is 6.92 Å². The van der Waals surface area contributed by atoms with Crippen LogP contribution < -0.4 is 11.3 Å². The zero-order valence-corrected chi connectivity index (χ0v) is 12.6. The fourth-order valence-electron chi connectivity index (χ4n) is 2.48. The molecule has 1 aromatic rings. The van der Waals surface area contributed by atoms with Gasteiger partial charge in [-0.05, 0) is 19.9 Å². The van der Waals surface area contributed by atoms with Crippen LogP contribution in [0.25, 0.3) is 0 Å². The zero-order valence-electron chi connectivity index (χ0n) is 11.8. The third-order valence-electron chi connectivity index (χ3n) is 3.44. The van der Waals surface area contributed by atoms with Crippen LogP contribution in [0.15, 0.2) is 5.38 Å². The molecular formula is C13H24N4OS. The van der Waals surface area contributed by atoms with E-state index in [1.807, 2.05) is 6.92 Å². The van der Waals surface area contributed by atoms with Crippen molar-refractivity contribution in [3.63, 3.8) is 0 Å². The molecule has 1 aliphatic rings. The predicted molar refractivity (Wildman–Crippen MR) is 78.1 cm³/mol. The van der Waals surface area contributed by atoms with Crippen LogP contribution in [-0.4, -0.2) is 48.3 Å². The summed E-state index contributed by atoms with van der Waals surface area (Å²) in [7, 11) is 0. The third kappa shape index (κ3) is 4.22. The maximum Gasteiger partial charge on any atom is 0.0945 e. The number of hydrogen-bond acceptors (Lipinski definition) is 6. The van der Waals surface area contributed by atoms with Gasteiger partial charge >= 0.3 is 0 Å². The first-order valence-electron chi connectivity index (χ1n) is 6.94. The highest BCUT2D eigenvalue weighted by molar-refractivity contribution is 7.09. The number of nitrogens with zero attached hydrogens (tertiary/aromatic N) is 2. The lowest BCUT2D eigenvalue weighted by atomic mass is 10.1. The summed E-state index contributed by atoms with van der Waals surface area (Å²) in [5, 5.41) is 3.20. The number of rotatable bonds is 6. The molecule has 1 aliphatic heterocycles. The number of morpholine rings is 1. The van der Waals surface area contributed by atoms with Gasteiger partial charge in [0.25, 0.3) is 0 Å². The molecular weight excluding hydrogens is 260 g/mol. The second-order valence-corrected chi connectivity index (χ2v) is 6.01. The summed E-state index contributed by atoms with van der Waals surface area (Å²) in [6.45, 7) is 8.13. The van der Waals surface area contributed by atoms with Gasteiger partial charge in [-0.3, -0.25) is 16.2 Å². The highest BCUT2D eigenvalue weighted by Crippen LogP contribution is 2.16. The summed E-state index contributed by atoms with van der Waals surface area (Å²) in [5.74, 6) is 5.71. The van der Waals surface area contributed by atoms with Crippen molar-refractivity contribution in [3.05, 3.63) is 16.1 Å². The van der Waals surface area contributed by atoms with E-state index in [4.69, 9.17) is 10.6 Å². The molecule has 0 aromatic carbocycles. The second-order valence-electron chi connectivity index (χ2n) is 5.07. The molecule has 0 saturated carbocycles. The number of hydrazine groups is 1. The molecule has 2 unspecified atom stereocenters. The number of hydrogen-bond donors (Lipinski definition) is 2. The first-order chi connectivity index (χ1) is 9.22. The largest absolute Gasteiger partial charge is 0.374 e. The van der Waals surface area contributed by atoms with Crippen LogP contribution in [-0.2, 0) is 11.2 Å². The van der Waals surface area contributed by atoms with E-state index in [0.29, 0.717) is 0 Å². The molecule has 1 saturated heterocycles. The highest BCUT2D eigenvalue weighted by Gasteiger charge is 2.28. The molecule has 5 nitrogen and oxygen atoms in total. The topological polar surface area (TPSA) is 63.4 Å². The SMILES string of the molecule is CCCN1CCOC(C(Cc2nc(C)cs2)NN)C1. The van der Waals surface area contributed by atoms with E-state index < -0.39 is 0 Å². The first kappa shape index (κ1) is 14.9. The van der Waals surface area contributed by atoms with Gasteiger partial charge in [-0.2, -0.15) is 0 Å². The summed E-state index contributed by atoms with van der Waals surface area (Å²) in [6, 6.07) is 0.130. The molecule has 19 heavy (non-hydrogen) atoms. The molecule has 0 radical (unpaired) electrons. The quantitative estimate of drug-likeness (QED) is 0.601. The molecule has 6 heteroatoms. The minimum Gasteiger partial charge on any atom is -0.374 e. The Balaban J connectivity index is 1.92. The van der Waals surface area contributed by atoms with Gasteiger partial charge in [0, 0.05) is 30.6 Å². The van der Waals surface area contributed by atoms with Gasteiger partial charge in [0.2, 0.25) is 0 Å². The number of aryl methyl sites for hydroxylation is 1.